The van der Waals surface area contributed by atoms with E-state index < -0.39 is 0 Å². The first kappa shape index (κ1) is 23.6. The van der Waals surface area contributed by atoms with Crippen molar-refractivity contribution in [2.45, 2.75) is 54.4 Å². The van der Waals surface area contributed by atoms with Gasteiger partial charge in [-0.15, -0.1) is 0 Å². The van der Waals surface area contributed by atoms with Gasteiger partial charge in [-0.1, -0.05) is 43.7 Å². The minimum Gasteiger partial charge on any atom is -0.493 e. The molecule has 0 unspecified atom stereocenters. The monoisotopic (exact) mass is 433 g/mol. The van der Waals surface area contributed by atoms with Gasteiger partial charge in [0, 0.05) is 41.2 Å². The molecule has 0 saturated heterocycles. The SMILES string of the molecule is CCCN(CCC)C(=O)/C=C(\C)c1cc2c(-c3ccc(C)cc3)coc2c(C)c1OCC. The van der Waals surface area contributed by atoms with Crippen LogP contribution in [0.15, 0.2) is 47.1 Å². The number of hydrogen-bond acceptors (Lipinski definition) is 3. The fourth-order valence-corrected chi connectivity index (χ4v) is 4.12. The maximum absolute atomic E-state index is 13.0. The second-order valence-electron chi connectivity index (χ2n) is 8.36. The number of carbonyl (C=O) groups is 1. The van der Waals surface area contributed by atoms with Crippen LogP contribution >= 0.6 is 0 Å². The number of rotatable bonds is 9. The van der Waals surface area contributed by atoms with Crippen LogP contribution in [0.2, 0.25) is 0 Å². The van der Waals surface area contributed by atoms with E-state index in [-0.39, 0.29) is 5.91 Å². The van der Waals surface area contributed by atoms with E-state index in [1.165, 1.54) is 5.56 Å². The molecule has 32 heavy (non-hydrogen) atoms. The molecule has 0 aliphatic carbocycles. The molecule has 0 atom stereocenters. The molecule has 4 nitrogen and oxygen atoms in total. The van der Waals surface area contributed by atoms with E-state index in [4.69, 9.17) is 9.15 Å². The van der Waals surface area contributed by atoms with Gasteiger partial charge in [0.15, 0.2) is 0 Å². The molecule has 4 heteroatoms. The molecule has 2 aromatic carbocycles. The van der Waals surface area contributed by atoms with Crippen molar-refractivity contribution in [3.8, 4) is 16.9 Å². The molecular formula is C28H35NO3. The average Bonchev–Trinajstić information content (AvgIpc) is 3.20. The maximum atomic E-state index is 13.0. The standard InChI is InChI=1S/C28H35NO3/c1-7-14-29(15-8-2)26(30)16-20(5)23-17-24-25(22-12-10-19(4)11-13-22)18-32-28(24)21(6)27(23)31-9-3/h10-13,16-18H,7-9,14-15H2,1-6H3/b20-16+. The van der Waals surface area contributed by atoms with Crippen LogP contribution in [0.1, 0.15) is 57.2 Å². The third kappa shape index (κ3) is 4.90. The van der Waals surface area contributed by atoms with Crippen molar-refractivity contribution in [2.24, 2.45) is 0 Å². The Kier molecular flexibility index (Phi) is 7.79. The number of amides is 1. The van der Waals surface area contributed by atoms with Gasteiger partial charge in [-0.05, 0) is 57.7 Å². The number of benzene rings is 2. The van der Waals surface area contributed by atoms with Crippen molar-refractivity contribution in [3.05, 3.63) is 59.4 Å². The van der Waals surface area contributed by atoms with Crippen LogP contribution in [0.3, 0.4) is 0 Å². The molecule has 170 valence electrons. The Bertz CT molecular complexity index is 1100. The maximum Gasteiger partial charge on any atom is 0.246 e. The zero-order chi connectivity index (χ0) is 23.3. The third-order valence-corrected chi connectivity index (χ3v) is 5.76. The topological polar surface area (TPSA) is 42.7 Å². The molecule has 0 radical (unpaired) electrons. The Morgan fingerprint density at radius 1 is 1.06 bits per heavy atom. The van der Waals surface area contributed by atoms with Crippen molar-refractivity contribution >= 4 is 22.4 Å². The molecule has 1 aromatic heterocycles. The summed E-state index contributed by atoms with van der Waals surface area (Å²) in [5, 5.41) is 1.03. The molecule has 0 spiro atoms. The van der Waals surface area contributed by atoms with Crippen molar-refractivity contribution < 1.29 is 13.9 Å². The van der Waals surface area contributed by atoms with E-state index in [0.717, 1.165) is 70.5 Å². The molecule has 1 amide bonds. The zero-order valence-corrected chi connectivity index (χ0v) is 20.2. The number of ether oxygens (including phenoxy) is 1. The molecule has 3 rings (SSSR count). The van der Waals surface area contributed by atoms with Gasteiger partial charge >= 0.3 is 0 Å². The summed E-state index contributed by atoms with van der Waals surface area (Å²) in [7, 11) is 0. The smallest absolute Gasteiger partial charge is 0.246 e. The molecule has 1 heterocycles. The Hall–Kier alpha value is -3.01. The Morgan fingerprint density at radius 3 is 2.31 bits per heavy atom. The first-order valence-electron chi connectivity index (χ1n) is 11.6. The summed E-state index contributed by atoms with van der Waals surface area (Å²) in [6, 6.07) is 10.6. The van der Waals surface area contributed by atoms with E-state index in [1.54, 1.807) is 6.08 Å². The number of furan rings is 1. The molecule has 0 aliphatic rings. The molecule has 0 N–H and O–H groups in total. The second kappa shape index (κ2) is 10.5. The summed E-state index contributed by atoms with van der Waals surface area (Å²) < 4.78 is 12.0. The molecule has 0 bridgehead atoms. The van der Waals surface area contributed by atoms with Crippen LogP contribution in [0.5, 0.6) is 5.75 Å². The van der Waals surface area contributed by atoms with E-state index in [0.29, 0.717) is 6.61 Å². The van der Waals surface area contributed by atoms with E-state index in [2.05, 4.69) is 51.1 Å². The van der Waals surface area contributed by atoms with Gasteiger partial charge in [-0.25, -0.2) is 0 Å². The fraction of sp³-hybridized carbons (Fsp3) is 0.393. The van der Waals surface area contributed by atoms with E-state index >= 15 is 0 Å². The Balaban J connectivity index is 2.13. The van der Waals surface area contributed by atoms with Gasteiger partial charge in [0.05, 0.1) is 12.9 Å². The van der Waals surface area contributed by atoms with Gasteiger partial charge in [0.25, 0.3) is 0 Å². The van der Waals surface area contributed by atoms with Crippen molar-refractivity contribution in [1.82, 2.24) is 4.90 Å². The highest BCUT2D eigenvalue weighted by Gasteiger charge is 2.20. The van der Waals surface area contributed by atoms with Gasteiger partial charge in [-0.3, -0.25) is 4.79 Å². The lowest BCUT2D eigenvalue weighted by molar-refractivity contribution is -0.126. The van der Waals surface area contributed by atoms with Gasteiger partial charge in [0.1, 0.15) is 11.3 Å². The molecule has 0 saturated carbocycles. The highest BCUT2D eigenvalue weighted by Crippen LogP contribution is 2.40. The van der Waals surface area contributed by atoms with Gasteiger partial charge in [0.2, 0.25) is 5.91 Å². The van der Waals surface area contributed by atoms with E-state index in [1.807, 2.05) is 31.9 Å². The highest BCUT2D eigenvalue weighted by atomic mass is 16.5. The Labute approximate surface area is 191 Å². The zero-order valence-electron chi connectivity index (χ0n) is 20.2. The minimum atomic E-state index is 0.0531. The van der Waals surface area contributed by atoms with Crippen molar-refractivity contribution in [2.75, 3.05) is 19.7 Å². The van der Waals surface area contributed by atoms with Crippen LogP contribution in [0, 0.1) is 13.8 Å². The number of fused-ring (bicyclic) bond motifs is 1. The summed E-state index contributed by atoms with van der Waals surface area (Å²) in [4.78, 5) is 14.9. The van der Waals surface area contributed by atoms with Gasteiger partial charge in [-0.2, -0.15) is 0 Å². The molecule has 3 aromatic rings. The molecular weight excluding hydrogens is 398 g/mol. The summed E-state index contributed by atoms with van der Waals surface area (Å²) in [5.74, 6) is 0.834. The van der Waals surface area contributed by atoms with Crippen LogP contribution in [0.25, 0.3) is 27.7 Å². The lowest BCUT2D eigenvalue weighted by Crippen LogP contribution is -2.31. The molecule has 0 aliphatic heterocycles. The lowest BCUT2D eigenvalue weighted by Gasteiger charge is -2.20. The minimum absolute atomic E-state index is 0.0531. The third-order valence-electron chi connectivity index (χ3n) is 5.76. The summed E-state index contributed by atoms with van der Waals surface area (Å²) in [6.07, 6.45) is 5.46. The van der Waals surface area contributed by atoms with Crippen LogP contribution in [-0.4, -0.2) is 30.5 Å². The number of hydrogen-bond donors (Lipinski definition) is 0. The summed E-state index contributed by atoms with van der Waals surface area (Å²) in [5.41, 5.74) is 6.99. The first-order valence-corrected chi connectivity index (χ1v) is 11.6. The van der Waals surface area contributed by atoms with Crippen LogP contribution in [0.4, 0.5) is 0 Å². The normalized spacial score (nSPS) is 11.8. The number of aryl methyl sites for hydroxylation is 2. The van der Waals surface area contributed by atoms with Crippen molar-refractivity contribution in [1.29, 1.82) is 0 Å². The van der Waals surface area contributed by atoms with Crippen LogP contribution < -0.4 is 4.74 Å². The van der Waals surface area contributed by atoms with Gasteiger partial charge < -0.3 is 14.1 Å². The number of nitrogens with zero attached hydrogens (tertiary/aromatic N) is 1. The lowest BCUT2D eigenvalue weighted by atomic mass is 9.96. The summed E-state index contributed by atoms with van der Waals surface area (Å²) >= 11 is 0. The Morgan fingerprint density at radius 2 is 1.72 bits per heavy atom. The fourth-order valence-electron chi connectivity index (χ4n) is 4.12. The highest BCUT2D eigenvalue weighted by molar-refractivity contribution is 6.01. The van der Waals surface area contributed by atoms with E-state index in [9.17, 15) is 4.79 Å². The average molecular weight is 434 g/mol. The predicted molar refractivity (Wildman–Crippen MR) is 133 cm³/mol. The molecule has 0 fully saturated rings. The van der Waals surface area contributed by atoms with Crippen LogP contribution in [-0.2, 0) is 4.79 Å². The quantitative estimate of drug-likeness (QED) is 0.336. The largest absolute Gasteiger partial charge is 0.493 e. The van der Waals surface area contributed by atoms with Crippen molar-refractivity contribution in [3.63, 3.8) is 0 Å². The number of carbonyl (C=O) groups excluding carboxylic acids is 1. The second-order valence-corrected chi connectivity index (χ2v) is 8.36. The number of allylic oxidation sites excluding steroid dienone is 1. The first-order chi connectivity index (χ1) is 15.4. The predicted octanol–water partition coefficient (Wildman–Crippen LogP) is 7.17. The summed E-state index contributed by atoms with van der Waals surface area (Å²) in [6.45, 7) is 14.4.